The number of halogens is 2. The Bertz CT molecular complexity index is 230. The third-order valence-corrected chi connectivity index (χ3v) is 2.21. The highest BCUT2D eigenvalue weighted by molar-refractivity contribution is 14.1. The highest BCUT2D eigenvalue weighted by atomic mass is 127. The van der Waals surface area contributed by atoms with E-state index in [9.17, 15) is 0 Å². The van der Waals surface area contributed by atoms with Crippen LogP contribution in [0.1, 0.15) is 5.56 Å². The molecule has 2 nitrogen and oxygen atoms in total. The molecule has 1 rings (SSSR count). The summed E-state index contributed by atoms with van der Waals surface area (Å²) in [5.74, 6) is 5.77. The molecule has 11 heavy (non-hydrogen) atoms. The highest BCUT2D eigenvalue weighted by Crippen LogP contribution is 2.16. The number of benzene rings is 1. The van der Waals surface area contributed by atoms with Crippen LogP contribution in [-0.4, -0.2) is 0 Å². The quantitative estimate of drug-likeness (QED) is 0.378. The van der Waals surface area contributed by atoms with E-state index >= 15 is 0 Å². The third-order valence-electron chi connectivity index (χ3n) is 1.28. The molecule has 0 aliphatic rings. The minimum atomic E-state index is 0.519. The van der Waals surface area contributed by atoms with Gasteiger partial charge in [0.15, 0.2) is 0 Å². The van der Waals surface area contributed by atoms with Gasteiger partial charge in [0.2, 0.25) is 0 Å². The van der Waals surface area contributed by atoms with Crippen molar-refractivity contribution in [3.63, 3.8) is 0 Å². The van der Waals surface area contributed by atoms with Crippen molar-refractivity contribution in [2.75, 3.05) is 5.43 Å². The van der Waals surface area contributed by atoms with Crippen molar-refractivity contribution in [3.8, 4) is 0 Å². The summed E-state index contributed by atoms with van der Waals surface area (Å²) < 4.78 is 1.13. The largest absolute Gasteiger partial charge is 0.324 e. The van der Waals surface area contributed by atoms with E-state index in [1.807, 2.05) is 18.2 Å². The van der Waals surface area contributed by atoms with E-state index in [0.29, 0.717) is 5.88 Å². The van der Waals surface area contributed by atoms with Crippen molar-refractivity contribution < 1.29 is 0 Å². The van der Waals surface area contributed by atoms with Gasteiger partial charge >= 0.3 is 0 Å². The van der Waals surface area contributed by atoms with Gasteiger partial charge in [-0.1, -0.05) is 0 Å². The van der Waals surface area contributed by atoms with Gasteiger partial charge in [-0.25, -0.2) is 0 Å². The Morgan fingerprint density at radius 2 is 2.18 bits per heavy atom. The van der Waals surface area contributed by atoms with Gasteiger partial charge in [0.1, 0.15) is 0 Å². The zero-order valence-electron chi connectivity index (χ0n) is 5.77. The van der Waals surface area contributed by atoms with Crippen LogP contribution in [0.15, 0.2) is 18.2 Å². The topological polar surface area (TPSA) is 38.0 Å². The van der Waals surface area contributed by atoms with Crippen molar-refractivity contribution in [1.29, 1.82) is 0 Å². The summed E-state index contributed by atoms with van der Waals surface area (Å²) in [4.78, 5) is 0. The van der Waals surface area contributed by atoms with Crippen LogP contribution in [0, 0.1) is 3.57 Å². The molecule has 0 saturated carbocycles. The summed E-state index contributed by atoms with van der Waals surface area (Å²) >= 11 is 7.88. The van der Waals surface area contributed by atoms with E-state index in [4.69, 9.17) is 17.4 Å². The molecule has 0 aromatic heterocycles. The maximum atomic E-state index is 5.66. The molecule has 0 spiro atoms. The maximum Gasteiger partial charge on any atom is 0.0498 e. The number of rotatable bonds is 2. The van der Waals surface area contributed by atoms with E-state index < -0.39 is 0 Å². The second-order valence-corrected chi connectivity index (χ2v) is 3.64. The number of nitrogen functional groups attached to an aromatic ring is 1. The van der Waals surface area contributed by atoms with Gasteiger partial charge in [-0.2, -0.15) is 0 Å². The molecular formula is C7H8ClIN2. The molecule has 3 N–H and O–H groups in total. The van der Waals surface area contributed by atoms with Gasteiger partial charge in [-0.05, 0) is 46.4 Å². The van der Waals surface area contributed by atoms with Crippen LogP contribution in [0.5, 0.6) is 0 Å². The lowest BCUT2D eigenvalue weighted by Gasteiger charge is -2.02. The number of anilines is 1. The summed E-state index contributed by atoms with van der Waals surface area (Å²) in [5, 5.41) is 0. The lowest BCUT2D eigenvalue weighted by molar-refractivity contribution is 1.31. The number of hydrogen-bond acceptors (Lipinski definition) is 2. The average molecular weight is 283 g/mol. The first-order valence-corrected chi connectivity index (χ1v) is 4.69. The lowest BCUT2D eigenvalue weighted by Crippen LogP contribution is -2.06. The molecule has 0 aliphatic carbocycles. The van der Waals surface area contributed by atoms with Crippen LogP contribution in [0.3, 0.4) is 0 Å². The van der Waals surface area contributed by atoms with Crippen molar-refractivity contribution in [2.45, 2.75) is 5.88 Å². The molecule has 1 aromatic rings. The van der Waals surface area contributed by atoms with E-state index in [0.717, 1.165) is 14.8 Å². The number of hydrogen-bond donors (Lipinski definition) is 2. The normalized spacial score (nSPS) is 9.73. The Kier molecular flexibility index (Phi) is 3.42. The van der Waals surface area contributed by atoms with Gasteiger partial charge in [-0.3, -0.25) is 5.84 Å². The molecule has 1 aromatic carbocycles. The fraction of sp³-hybridized carbons (Fsp3) is 0.143. The summed E-state index contributed by atoms with van der Waals surface area (Å²) in [6.07, 6.45) is 0. The minimum absolute atomic E-state index is 0.519. The lowest BCUT2D eigenvalue weighted by atomic mass is 10.2. The van der Waals surface area contributed by atoms with Crippen molar-refractivity contribution in [3.05, 3.63) is 27.3 Å². The molecule has 60 valence electrons. The van der Waals surface area contributed by atoms with Gasteiger partial charge in [-0.15, -0.1) is 11.6 Å². The van der Waals surface area contributed by atoms with E-state index in [1.165, 1.54) is 0 Å². The second-order valence-electron chi connectivity index (χ2n) is 2.13. The van der Waals surface area contributed by atoms with Gasteiger partial charge < -0.3 is 5.43 Å². The fourth-order valence-electron chi connectivity index (χ4n) is 0.811. The Morgan fingerprint density at radius 3 is 2.73 bits per heavy atom. The molecule has 0 aliphatic heterocycles. The smallest absolute Gasteiger partial charge is 0.0498 e. The molecule has 0 fully saturated rings. The van der Waals surface area contributed by atoms with Crippen LogP contribution in [-0.2, 0) is 5.88 Å². The standard InChI is InChI=1S/C7H8ClIN2/c8-4-5-1-6(9)3-7(2-5)11-10/h1-3,11H,4,10H2. The van der Waals surface area contributed by atoms with Crippen molar-refractivity contribution in [2.24, 2.45) is 5.84 Å². The molecule has 0 saturated heterocycles. The van der Waals surface area contributed by atoms with E-state index in [-0.39, 0.29) is 0 Å². The maximum absolute atomic E-state index is 5.66. The van der Waals surface area contributed by atoms with Crippen molar-refractivity contribution in [1.82, 2.24) is 0 Å². The molecule has 0 heterocycles. The summed E-state index contributed by atoms with van der Waals surface area (Å²) in [6, 6.07) is 5.90. The Hall–Kier alpha value is -0.0000000000000000555. The van der Waals surface area contributed by atoms with Gasteiger partial charge in [0, 0.05) is 15.1 Å². The number of alkyl halides is 1. The van der Waals surface area contributed by atoms with Gasteiger partial charge in [0.25, 0.3) is 0 Å². The first-order chi connectivity index (χ1) is 5.26. The molecular weight excluding hydrogens is 274 g/mol. The minimum Gasteiger partial charge on any atom is -0.324 e. The van der Waals surface area contributed by atoms with E-state index in [2.05, 4.69) is 28.0 Å². The van der Waals surface area contributed by atoms with Gasteiger partial charge in [0.05, 0.1) is 0 Å². The van der Waals surface area contributed by atoms with Crippen molar-refractivity contribution >= 4 is 39.9 Å². The summed E-state index contributed by atoms with van der Waals surface area (Å²) in [6.45, 7) is 0. The molecule has 0 radical (unpaired) electrons. The zero-order valence-corrected chi connectivity index (χ0v) is 8.69. The predicted molar refractivity (Wildman–Crippen MR) is 56.5 cm³/mol. The number of nitrogens with one attached hydrogen (secondary N) is 1. The molecule has 0 atom stereocenters. The first kappa shape index (κ1) is 9.09. The Labute approximate surface area is 84.2 Å². The number of hydrazine groups is 1. The van der Waals surface area contributed by atoms with Crippen LogP contribution in [0.25, 0.3) is 0 Å². The molecule has 0 unspecified atom stereocenters. The molecule has 0 amide bonds. The monoisotopic (exact) mass is 282 g/mol. The predicted octanol–water partition coefficient (Wildman–Crippen LogP) is 2.32. The second kappa shape index (κ2) is 4.13. The van der Waals surface area contributed by atoms with E-state index in [1.54, 1.807) is 0 Å². The SMILES string of the molecule is NNc1cc(I)cc(CCl)c1. The molecule has 0 bridgehead atoms. The Balaban J connectivity index is 3.02. The van der Waals surface area contributed by atoms with Crippen LogP contribution in [0.2, 0.25) is 0 Å². The first-order valence-electron chi connectivity index (χ1n) is 3.08. The zero-order chi connectivity index (χ0) is 8.27. The molecule has 4 heteroatoms. The Morgan fingerprint density at radius 1 is 1.45 bits per heavy atom. The highest BCUT2D eigenvalue weighted by Gasteiger charge is 1.95. The van der Waals surface area contributed by atoms with Crippen LogP contribution < -0.4 is 11.3 Å². The fourth-order valence-corrected chi connectivity index (χ4v) is 1.70. The summed E-state index contributed by atoms with van der Waals surface area (Å²) in [5.41, 5.74) is 4.55. The average Bonchev–Trinajstić information content (AvgIpc) is 2.03. The number of nitrogens with two attached hydrogens (primary N) is 1. The van der Waals surface area contributed by atoms with Crippen LogP contribution in [0.4, 0.5) is 5.69 Å². The third kappa shape index (κ3) is 2.50. The summed E-state index contributed by atoms with van der Waals surface area (Å²) in [7, 11) is 0. The van der Waals surface area contributed by atoms with Crippen LogP contribution >= 0.6 is 34.2 Å².